The average molecular weight is 333 g/mol. The number of rotatable bonds is 4. The van der Waals surface area contributed by atoms with E-state index < -0.39 is 0 Å². The quantitative estimate of drug-likeness (QED) is 0.790. The Morgan fingerprint density at radius 1 is 1.42 bits per heavy atom. The Labute approximate surface area is 141 Å². The van der Waals surface area contributed by atoms with Crippen molar-refractivity contribution in [3.05, 3.63) is 17.6 Å². The van der Waals surface area contributed by atoms with Gasteiger partial charge in [0.25, 0.3) is 0 Å². The number of carbonyl (C=O) groups is 2. The molecule has 0 aromatic carbocycles. The van der Waals surface area contributed by atoms with E-state index in [0.29, 0.717) is 45.0 Å². The molecule has 3 heterocycles. The minimum Gasteiger partial charge on any atom is -0.378 e. The Morgan fingerprint density at radius 3 is 2.92 bits per heavy atom. The molecule has 130 valence electrons. The van der Waals surface area contributed by atoms with Gasteiger partial charge in [-0.05, 0) is 13.3 Å². The fourth-order valence-electron chi connectivity index (χ4n) is 2.91. The summed E-state index contributed by atoms with van der Waals surface area (Å²) in [6, 6.07) is 1.95. The van der Waals surface area contributed by atoms with Gasteiger partial charge >= 0.3 is 0 Å². The van der Waals surface area contributed by atoms with Crippen LogP contribution in [0, 0.1) is 12.8 Å². The number of carbonyl (C=O) groups excluding carboxylic acids is 2. The number of hydrogen-bond donors (Lipinski definition) is 2. The highest BCUT2D eigenvalue weighted by Gasteiger charge is 2.24. The number of amides is 2. The maximum Gasteiger partial charge on any atom is 0.225 e. The summed E-state index contributed by atoms with van der Waals surface area (Å²) in [4.78, 5) is 34.5. The van der Waals surface area contributed by atoms with Gasteiger partial charge in [0.2, 0.25) is 11.8 Å². The highest BCUT2D eigenvalue weighted by molar-refractivity contribution is 5.83. The molecule has 1 atom stereocenters. The maximum absolute atomic E-state index is 12.2. The predicted molar refractivity (Wildman–Crippen MR) is 87.4 cm³/mol. The van der Waals surface area contributed by atoms with Crippen molar-refractivity contribution in [1.29, 1.82) is 0 Å². The van der Waals surface area contributed by atoms with Crippen LogP contribution in [0.1, 0.15) is 24.4 Å². The van der Waals surface area contributed by atoms with Crippen LogP contribution in [0.2, 0.25) is 0 Å². The molecule has 0 aliphatic carbocycles. The van der Waals surface area contributed by atoms with Crippen LogP contribution >= 0.6 is 0 Å². The van der Waals surface area contributed by atoms with Crippen molar-refractivity contribution in [1.82, 2.24) is 20.6 Å². The average Bonchev–Trinajstić information content (AvgIpc) is 2.60. The molecule has 8 heteroatoms. The maximum atomic E-state index is 12.2. The molecule has 24 heavy (non-hydrogen) atoms. The fraction of sp³-hybridized carbons (Fsp3) is 0.625. The summed E-state index contributed by atoms with van der Waals surface area (Å²) in [7, 11) is 0. The second-order valence-corrected chi connectivity index (χ2v) is 6.14. The lowest BCUT2D eigenvalue weighted by atomic mass is 9.98. The Hall–Kier alpha value is -2.22. The van der Waals surface area contributed by atoms with Gasteiger partial charge in [0, 0.05) is 37.8 Å². The molecule has 2 N–H and O–H groups in total. The lowest BCUT2D eigenvalue weighted by Crippen LogP contribution is -2.43. The van der Waals surface area contributed by atoms with Crippen LogP contribution in [-0.4, -0.2) is 54.6 Å². The van der Waals surface area contributed by atoms with Crippen molar-refractivity contribution in [2.45, 2.75) is 26.3 Å². The molecule has 0 saturated carbocycles. The smallest absolute Gasteiger partial charge is 0.225 e. The Bertz CT molecular complexity index is 606. The lowest BCUT2D eigenvalue weighted by molar-refractivity contribution is -0.129. The third kappa shape index (κ3) is 4.19. The molecule has 0 spiro atoms. The van der Waals surface area contributed by atoms with Crippen LogP contribution < -0.4 is 15.5 Å². The van der Waals surface area contributed by atoms with Gasteiger partial charge in [-0.15, -0.1) is 0 Å². The summed E-state index contributed by atoms with van der Waals surface area (Å²) < 4.78 is 5.36. The van der Waals surface area contributed by atoms with E-state index in [4.69, 9.17) is 4.74 Å². The third-order valence-electron chi connectivity index (χ3n) is 4.28. The van der Waals surface area contributed by atoms with Gasteiger partial charge in [-0.3, -0.25) is 9.59 Å². The number of morpholine rings is 1. The van der Waals surface area contributed by atoms with E-state index >= 15 is 0 Å². The van der Waals surface area contributed by atoms with Crippen LogP contribution in [0.3, 0.4) is 0 Å². The SMILES string of the molecule is Cc1cc(N2CCOCC2)nc(CNC(=O)C2CCC(=O)NC2)n1. The number of piperidine rings is 1. The lowest BCUT2D eigenvalue weighted by Gasteiger charge is -2.28. The van der Waals surface area contributed by atoms with E-state index in [-0.39, 0.29) is 17.7 Å². The Balaban J connectivity index is 1.59. The minimum absolute atomic E-state index is 0.0104. The van der Waals surface area contributed by atoms with E-state index in [1.54, 1.807) is 0 Å². The molecule has 8 nitrogen and oxygen atoms in total. The third-order valence-corrected chi connectivity index (χ3v) is 4.28. The topological polar surface area (TPSA) is 96.5 Å². The molecule has 2 saturated heterocycles. The van der Waals surface area contributed by atoms with Gasteiger partial charge < -0.3 is 20.3 Å². The second kappa shape index (κ2) is 7.57. The van der Waals surface area contributed by atoms with E-state index in [1.165, 1.54) is 0 Å². The minimum atomic E-state index is -0.175. The van der Waals surface area contributed by atoms with Crippen LogP contribution in [0.5, 0.6) is 0 Å². The van der Waals surface area contributed by atoms with Crippen molar-refractivity contribution in [3.63, 3.8) is 0 Å². The first-order valence-electron chi connectivity index (χ1n) is 8.33. The number of aryl methyl sites for hydroxylation is 1. The number of nitrogens with zero attached hydrogens (tertiary/aromatic N) is 3. The molecule has 2 amide bonds. The molecular formula is C16H23N5O3. The summed E-state index contributed by atoms with van der Waals surface area (Å²) >= 11 is 0. The van der Waals surface area contributed by atoms with E-state index in [2.05, 4.69) is 25.5 Å². The molecule has 2 fully saturated rings. The normalized spacial score (nSPS) is 21.3. The van der Waals surface area contributed by atoms with Gasteiger partial charge in [0.1, 0.15) is 11.6 Å². The summed E-state index contributed by atoms with van der Waals surface area (Å²) in [6.07, 6.45) is 0.992. The molecule has 2 aliphatic rings. The van der Waals surface area contributed by atoms with Crippen LogP contribution in [0.4, 0.5) is 5.82 Å². The van der Waals surface area contributed by atoms with Gasteiger partial charge in [-0.25, -0.2) is 9.97 Å². The van der Waals surface area contributed by atoms with Crippen LogP contribution in [0.15, 0.2) is 6.07 Å². The zero-order valence-electron chi connectivity index (χ0n) is 13.9. The summed E-state index contributed by atoms with van der Waals surface area (Å²) in [6.45, 7) is 5.63. The predicted octanol–water partition coefficient (Wildman–Crippen LogP) is -0.236. The first kappa shape index (κ1) is 16.6. The number of nitrogens with one attached hydrogen (secondary N) is 2. The molecule has 1 aromatic heterocycles. The van der Waals surface area contributed by atoms with Crippen molar-refractivity contribution in [2.75, 3.05) is 37.7 Å². The van der Waals surface area contributed by atoms with Crippen molar-refractivity contribution >= 4 is 17.6 Å². The molecule has 2 aliphatic heterocycles. The standard InChI is InChI=1S/C16H23N5O3/c1-11-8-14(21-4-6-24-7-5-21)20-13(19-11)10-18-16(23)12-2-3-15(22)17-9-12/h8,12H,2-7,9-10H2,1H3,(H,17,22)(H,18,23). The number of anilines is 1. The van der Waals surface area contributed by atoms with Gasteiger partial charge in [0.05, 0.1) is 25.7 Å². The van der Waals surface area contributed by atoms with Crippen molar-refractivity contribution in [2.24, 2.45) is 5.92 Å². The molecule has 3 rings (SSSR count). The van der Waals surface area contributed by atoms with Crippen molar-refractivity contribution < 1.29 is 14.3 Å². The highest BCUT2D eigenvalue weighted by atomic mass is 16.5. The largest absolute Gasteiger partial charge is 0.378 e. The van der Waals surface area contributed by atoms with Crippen molar-refractivity contribution in [3.8, 4) is 0 Å². The number of hydrogen-bond acceptors (Lipinski definition) is 6. The zero-order chi connectivity index (χ0) is 16.9. The van der Waals surface area contributed by atoms with Crippen LogP contribution in [-0.2, 0) is 20.9 Å². The summed E-state index contributed by atoms with van der Waals surface area (Å²) in [5, 5.41) is 5.61. The first-order valence-corrected chi connectivity index (χ1v) is 8.33. The zero-order valence-corrected chi connectivity index (χ0v) is 13.9. The van der Waals surface area contributed by atoms with Gasteiger partial charge in [0.15, 0.2) is 0 Å². The number of ether oxygens (including phenoxy) is 1. The first-order chi connectivity index (χ1) is 11.6. The van der Waals surface area contributed by atoms with Gasteiger partial charge in [-0.2, -0.15) is 0 Å². The monoisotopic (exact) mass is 333 g/mol. The fourth-order valence-corrected chi connectivity index (χ4v) is 2.91. The van der Waals surface area contributed by atoms with E-state index in [9.17, 15) is 9.59 Å². The molecule has 1 aromatic rings. The Kier molecular flexibility index (Phi) is 5.24. The molecular weight excluding hydrogens is 310 g/mol. The molecule has 0 radical (unpaired) electrons. The van der Waals surface area contributed by atoms with Crippen LogP contribution in [0.25, 0.3) is 0 Å². The van der Waals surface area contributed by atoms with Gasteiger partial charge in [-0.1, -0.05) is 0 Å². The van der Waals surface area contributed by atoms with E-state index in [1.807, 2.05) is 13.0 Å². The Morgan fingerprint density at radius 2 is 2.21 bits per heavy atom. The summed E-state index contributed by atoms with van der Waals surface area (Å²) in [5.41, 5.74) is 0.876. The molecule has 1 unspecified atom stereocenters. The summed E-state index contributed by atoms with van der Waals surface area (Å²) in [5.74, 6) is 1.25. The second-order valence-electron chi connectivity index (χ2n) is 6.14. The number of aromatic nitrogens is 2. The molecule has 0 bridgehead atoms. The van der Waals surface area contributed by atoms with E-state index in [0.717, 1.165) is 24.6 Å². The highest BCUT2D eigenvalue weighted by Crippen LogP contribution is 2.15.